The number of nitrogens with zero attached hydrogens (tertiary/aromatic N) is 1. The molecule has 3 N–H and O–H groups in total. The number of hydrogen-bond acceptors (Lipinski definition) is 2. The minimum atomic E-state index is -0.577. The molecule has 1 saturated carbocycles. The Balaban J connectivity index is 2.47. The SMILES string of the molecule is C[C@H]1CCCCC/C(=N\NC(N)=O)C1. The Morgan fingerprint density at radius 3 is 3.00 bits per heavy atom. The first-order valence-electron chi connectivity index (χ1n) is 5.29. The van der Waals surface area contributed by atoms with Crippen LogP contribution in [-0.2, 0) is 0 Å². The van der Waals surface area contributed by atoms with E-state index in [0.29, 0.717) is 5.92 Å². The van der Waals surface area contributed by atoms with E-state index < -0.39 is 6.03 Å². The molecular weight excluding hydrogens is 178 g/mol. The summed E-state index contributed by atoms with van der Waals surface area (Å²) in [6.45, 7) is 2.23. The second-order valence-corrected chi connectivity index (χ2v) is 4.06. The maximum Gasteiger partial charge on any atom is 0.332 e. The van der Waals surface area contributed by atoms with E-state index in [9.17, 15) is 4.79 Å². The van der Waals surface area contributed by atoms with E-state index in [-0.39, 0.29) is 0 Å². The maximum atomic E-state index is 10.5. The Morgan fingerprint density at radius 1 is 1.50 bits per heavy atom. The summed E-state index contributed by atoms with van der Waals surface area (Å²) in [4.78, 5) is 10.5. The van der Waals surface area contributed by atoms with E-state index in [2.05, 4.69) is 17.5 Å². The zero-order valence-corrected chi connectivity index (χ0v) is 8.75. The van der Waals surface area contributed by atoms with Crippen LogP contribution in [0.25, 0.3) is 0 Å². The molecule has 0 aromatic rings. The third-order valence-corrected chi connectivity index (χ3v) is 2.57. The average molecular weight is 197 g/mol. The first kappa shape index (κ1) is 11.0. The van der Waals surface area contributed by atoms with Gasteiger partial charge in [0.2, 0.25) is 0 Å². The first-order chi connectivity index (χ1) is 6.68. The maximum absolute atomic E-state index is 10.5. The number of rotatable bonds is 1. The number of hydrogen-bond donors (Lipinski definition) is 2. The van der Waals surface area contributed by atoms with Crippen LogP contribution in [0.4, 0.5) is 4.79 Å². The van der Waals surface area contributed by atoms with Gasteiger partial charge in [-0.15, -0.1) is 0 Å². The zero-order valence-electron chi connectivity index (χ0n) is 8.75. The normalized spacial score (nSPS) is 26.6. The van der Waals surface area contributed by atoms with Gasteiger partial charge in [0.25, 0.3) is 0 Å². The van der Waals surface area contributed by atoms with Gasteiger partial charge in [-0.1, -0.05) is 26.2 Å². The van der Waals surface area contributed by atoms with Crippen LogP contribution in [-0.4, -0.2) is 11.7 Å². The number of urea groups is 1. The molecule has 0 radical (unpaired) electrons. The number of nitrogens with two attached hydrogens (primary N) is 1. The van der Waals surface area contributed by atoms with Crippen LogP contribution in [0.3, 0.4) is 0 Å². The predicted molar refractivity (Wildman–Crippen MR) is 57.0 cm³/mol. The van der Waals surface area contributed by atoms with Crippen molar-refractivity contribution in [3.8, 4) is 0 Å². The fourth-order valence-electron chi connectivity index (χ4n) is 1.84. The van der Waals surface area contributed by atoms with Crippen LogP contribution < -0.4 is 11.2 Å². The molecule has 1 rings (SSSR count). The summed E-state index contributed by atoms with van der Waals surface area (Å²) in [7, 11) is 0. The van der Waals surface area contributed by atoms with Gasteiger partial charge in [-0.2, -0.15) is 5.10 Å². The molecule has 1 aliphatic carbocycles. The van der Waals surface area contributed by atoms with Crippen molar-refractivity contribution in [3.05, 3.63) is 0 Å². The molecule has 0 unspecified atom stereocenters. The third kappa shape index (κ3) is 4.25. The molecule has 1 fully saturated rings. The van der Waals surface area contributed by atoms with Gasteiger partial charge in [0, 0.05) is 5.71 Å². The molecule has 4 nitrogen and oxygen atoms in total. The highest BCUT2D eigenvalue weighted by atomic mass is 16.2. The van der Waals surface area contributed by atoms with E-state index in [1.54, 1.807) is 0 Å². The van der Waals surface area contributed by atoms with Crippen molar-refractivity contribution < 1.29 is 4.79 Å². The molecule has 0 aliphatic heterocycles. The molecule has 80 valence electrons. The fourth-order valence-corrected chi connectivity index (χ4v) is 1.84. The van der Waals surface area contributed by atoms with Crippen LogP contribution in [0.1, 0.15) is 45.4 Å². The Hall–Kier alpha value is -1.06. The number of carbonyl (C=O) groups excluding carboxylic acids is 1. The van der Waals surface area contributed by atoms with Crippen LogP contribution in [0.2, 0.25) is 0 Å². The van der Waals surface area contributed by atoms with Crippen molar-refractivity contribution in [3.63, 3.8) is 0 Å². The average Bonchev–Trinajstić information content (AvgIpc) is 2.08. The predicted octanol–water partition coefficient (Wildman–Crippen LogP) is 2.00. The van der Waals surface area contributed by atoms with Crippen molar-refractivity contribution in [2.75, 3.05) is 0 Å². The second kappa shape index (κ2) is 5.62. The van der Waals surface area contributed by atoms with Crippen molar-refractivity contribution in [2.45, 2.75) is 45.4 Å². The lowest BCUT2D eigenvalue weighted by Crippen LogP contribution is -2.26. The number of amides is 2. The molecule has 0 bridgehead atoms. The molecular formula is C10H19N3O. The van der Waals surface area contributed by atoms with Crippen molar-refractivity contribution in [1.82, 2.24) is 5.43 Å². The van der Waals surface area contributed by atoms with Gasteiger partial charge in [-0.25, -0.2) is 10.2 Å². The van der Waals surface area contributed by atoms with E-state index >= 15 is 0 Å². The van der Waals surface area contributed by atoms with Gasteiger partial charge < -0.3 is 5.73 Å². The second-order valence-electron chi connectivity index (χ2n) is 4.06. The van der Waals surface area contributed by atoms with Gasteiger partial charge in [-0.05, 0) is 25.2 Å². The van der Waals surface area contributed by atoms with Gasteiger partial charge in [0.05, 0.1) is 0 Å². The number of hydrazone groups is 1. The Morgan fingerprint density at radius 2 is 2.29 bits per heavy atom. The number of carbonyl (C=O) groups is 1. The monoisotopic (exact) mass is 197 g/mol. The van der Waals surface area contributed by atoms with Gasteiger partial charge in [0.1, 0.15) is 0 Å². The standard InChI is InChI=1S/C10H19N3O/c1-8-5-3-2-4-6-9(7-8)12-13-10(11)14/h8H,2-7H2,1H3,(H3,11,13,14)/b12-9+/t8-/m0/s1. The lowest BCUT2D eigenvalue weighted by molar-refractivity contribution is 0.249. The van der Waals surface area contributed by atoms with Crippen LogP contribution >= 0.6 is 0 Å². The van der Waals surface area contributed by atoms with E-state index in [4.69, 9.17) is 5.73 Å². The van der Waals surface area contributed by atoms with Crippen LogP contribution in [0.5, 0.6) is 0 Å². The Kier molecular flexibility index (Phi) is 4.43. The van der Waals surface area contributed by atoms with Crippen LogP contribution in [0.15, 0.2) is 5.10 Å². The molecule has 4 heteroatoms. The summed E-state index contributed by atoms with van der Waals surface area (Å²) in [5.74, 6) is 0.670. The number of primary amides is 1. The van der Waals surface area contributed by atoms with Crippen molar-refractivity contribution in [2.24, 2.45) is 16.8 Å². The highest BCUT2D eigenvalue weighted by Gasteiger charge is 2.11. The summed E-state index contributed by atoms with van der Waals surface area (Å²) in [6, 6.07) is -0.577. The van der Waals surface area contributed by atoms with Crippen molar-refractivity contribution in [1.29, 1.82) is 0 Å². The molecule has 1 atom stereocenters. The molecule has 1 aliphatic rings. The molecule has 0 aromatic heterocycles. The van der Waals surface area contributed by atoms with Crippen LogP contribution in [0, 0.1) is 5.92 Å². The van der Waals surface area contributed by atoms with Gasteiger partial charge >= 0.3 is 6.03 Å². The lowest BCUT2D eigenvalue weighted by atomic mass is 9.91. The molecule has 0 heterocycles. The largest absolute Gasteiger partial charge is 0.350 e. The first-order valence-corrected chi connectivity index (χ1v) is 5.29. The highest BCUT2D eigenvalue weighted by molar-refractivity contribution is 5.86. The smallest absolute Gasteiger partial charge is 0.332 e. The topological polar surface area (TPSA) is 67.5 Å². The Labute approximate surface area is 84.9 Å². The van der Waals surface area contributed by atoms with Gasteiger partial charge in [0.15, 0.2) is 0 Å². The molecule has 2 amide bonds. The molecule has 0 aromatic carbocycles. The quantitative estimate of drug-likeness (QED) is 0.620. The number of nitrogens with one attached hydrogen (secondary N) is 1. The minimum absolute atomic E-state index is 0.577. The van der Waals surface area contributed by atoms with E-state index in [1.165, 1.54) is 25.7 Å². The summed E-state index contributed by atoms with van der Waals surface area (Å²) in [5.41, 5.74) is 8.35. The molecule has 0 saturated heterocycles. The summed E-state index contributed by atoms with van der Waals surface area (Å²) in [6.07, 6.45) is 6.99. The van der Waals surface area contributed by atoms with Gasteiger partial charge in [-0.3, -0.25) is 0 Å². The van der Waals surface area contributed by atoms with E-state index in [1.807, 2.05) is 0 Å². The van der Waals surface area contributed by atoms with E-state index in [0.717, 1.165) is 18.6 Å². The van der Waals surface area contributed by atoms with Crippen molar-refractivity contribution >= 4 is 11.7 Å². The third-order valence-electron chi connectivity index (χ3n) is 2.57. The molecule has 14 heavy (non-hydrogen) atoms. The molecule has 0 spiro atoms. The summed E-state index contributed by atoms with van der Waals surface area (Å²) >= 11 is 0. The minimum Gasteiger partial charge on any atom is -0.350 e. The lowest BCUT2D eigenvalue weighted by Gasteiger charge is -2.16. The highest BCUT2D eigenvalue weighted by Crippen LogP contribution is 2.19. The zero-order chi connectivity index (χ0) is 10.4. The Bertz CT molecular complexity index is 225. The summed E-state index contributed by atoms with van der Waals surface area (Å²) in [5, 5.41) is 4.03. The fraction of sp³-hybridized carbons (Fsp3) is 0.800. The summed E-state index contributed by atoms with van der Waals surface area (Å²) < 4.78 is 0.